The van der Waals surface area contributed by atoms with Gasteiger partial charge in [-0.3, -0.25) is 9.97 Å². The van der Waals surface area contributed by atoms with E-state index < -0.39 is 0 Å². The van der Waals surface area contributed by atoms with Gasteiger partial charge in [0, 0.05) is 62.6 Å². The zero-order valence-electron chi connectivity index (χ0n) is 24.6. The highest BCUT2D eigenvalue weighted by Crippen LogP contribution is 2.39. The number of nitrogens with zero attached hydrogens (tertiary/aromatic N) is 5. The molecular weight excluding hydrogens is 583 g/mol. The summed E-state index contributed by atoms with van der Waals surface area (Å²) in [7, 11) is 0. The summed E-state index contributed by atoms with van der Waals surface area (Å²) in [4.78, 5) is 18.5. The van der Waals surface area contributed by atoms with E-state index in [-0.39, 0.29) is 0 Å². The van der Waals surface area contributed by atoms with Gasteiger partial charge in [0.1, 0.15) is 0 Å². The van der Waals surface area contributed by atoms with Gasteiger partial charge in [0.25, 0.3) is 0 Å². The van der Waals surface area contributed by atoms with Crippen molar-refractivity contribution in [3.05, 3.63) is 151 Å². The molecular formula is C40H25N5S. The Balaban J connectivity index is 1.15. The largest absolute Gasteiger partial charge is 0.309 e. The second kappa shape index (κ2) is 10.9. The molecule has 46 heavy (non-hydrogen) atoms. The van der Waals surface area contributed by atoms with Crippen LogP contribution in [0.2, 0.25) is 0 Å². The number of hydrogen-bond donors (Lipinski definition) is 0. The normalized spacial score (nSPS) is 11.5. The summed E-state index contributed by atoms with van der Waals surface area (Å²) in [5, 5.41) is 6.03. The van der Waals surface area contributed by atoms with E-state index in [9.17, 15) is 0 Å². The van der Waals surface area contributed by atoms with Crippen LogP contribution < -0.4 is 0 Å². The highest BCUT2D eigenvalue weighted by Gasteiger charge is 2.16. The number of benzene rings is 4. The van der Waals surface area contributed by atoms with Crippen molar-refractivity contribution in [3.8, 4) is 50.7 Å². The van der Waals surface area contributed by atoms with Gasteiger partial charge in [-0.1, -0.05) is 48.5 Å². The summed E-state index contributed by atoms with van der Waals surface area (Å²) in [6.07, 6.45) is 7.22. The van der Waals surface area contributed by atoms with Crippen molar-refractivity contribution in [1.29, 1.82) is 0 Å². The zero-order chi connectivity index (χ0) is 30.5. The molecule has 5 heterocycles. The SMILES string of the molecule is c1ccc2c(c1)c1c3sccc3ccc1n2-c1ccc(-c2nc(-c3ccncc3)cc(-c3ccc(-c4ccncc4)cc3)n2)cc1. The van der Waals surface area contributed by atoms with Gasteiger partial charge >= 0.3 is 0 Å². The van der Waals surface area contributed by atoms with Crippen molar-refractivity contribution in [2.75, 3.05) is 0 Å². The van der Waals surface area contributed by atoms with E-state index in [4.69, 9.17) is 9.97 Å². The molecule has 0 saturated heterocycles. The summed E-state index contributed by atoms with van der Waals surface area (Å²) >= 11 is 1.80. The summed E-state index contributed by atoms with van der Waals surface area (Å²) in [5.41, 5.74) is 10.5. The van der Waals surface area contributed by atoms with E-state index in [1.54, 1.807) is 23.7 Å². The maximum Gasteiger partial charge on any atom is 0.160 e. The van der Waals surface area contributed by atoms with Crippen LogP contribution in [0.25, 0.3) is 82.6 Å². The molecule has 0 saturated carbocycles. The molecule has 9 aromatic rings. The average Bonchev–Trinajstić information content (AvgIpc) is 3.75. The number of pyridine rings is 2. The van der Waals surface area contributed by atoms with E-state index >= 15 is 0 Å². The number of rotatable bonds is 5. The molecule has 0 aliphatic carbocycles. The van der Waals surface area contributed by atoms with Gasteiger partial charge in [0.2, 0.25) is 0 Å². The predicted octanol–water partition coefficient (Wildman–Crippen LogP) is 10.2. The first-order valence-corrected chi connectivity index (χ1v) is 16.0. The van der Waals surface area contributed by atoms with E-state index in [2.05, 4.69) is 117 Å². The first-order chi connectivity index (χ1) is 22.8. The van der Waals surface area contributed by atoms with Crippen molar-refractivity contribution in [2.45, 2.75) is 0 Å². The van der Waals surface area contributed by atoms with Gasteiger partial charge in [-0.2, -0.15) is 0 Å². The van der Waals surface area contributed by atoms with Gasteiger partial charge in [-0.25, -0.2) is 9.97 Å². The standard InChI is InChI=1S/C40H25N5S/c1-2-4-36-33(3-1)38-37(14-11-30-19-24-46-39(30)38)45(36)32-12-9-31(10-13-32)40-43-34(25-35(44-40)29-17-22-42-23-18-29)28-7-5-26(6-8-28)27-15-20-41-21-16-27/h1-25H. The lowest BCUT2D eigenvalue weighted by atomic mass is 10.0. The number of fused-ring (bicyclic) bond motifs is 5. The Morgan fingerprint density at radius 3 is 1.85 bits per heavy atom. The fourth-order valence-electron chi connectivity index (χ4n) is 6.29. The Bertz CT molecular complexity index is 2500. The molecule has 6 heteroatoms. The van der Waals surface area contributed by atoms with Crippen molar-refractivity contribution < 1.29 is 0 Å². The third-order valence-corrected chi connectivity index (χ3v) is 9.48. The van der Waals surface area contributed by atoms with Gasteiger partial charge in [0.15, 0.2) is 5.82 Å². The molecule has 0 aliphatic rings. The molecule has 0 fully saturated rings. The maximum atomic E-state index is 5.08. The molecule has 0 atom stereocenters. The molecule has 5 aromatic heterocycles. The minimum Gasteiger partial charge on any atom is -0.309 e. The van der Waals surface area contributed by atoms with Crippen LogP contribution in [-0.4, -0.2) is 24.5 Å². The van der Waals surface area contributed by atoms with E-state index in [1.807, 2.05) is 36.7 Å². The highest BCUT2D eigenvalue weighted by atomic mass is 32.1. The molecule has 9 rings (SSSR count). The highest BCUT2D eigenvalue weighted by molar-refractivity contribution is 7.18. The van der Waals surface area contributed by atoms with Gasteiger partial charge < -0.3 is 4.57 Å². The Labute approximate surface area is 269 Å². The van der Waals surface area contributed by atoms with Crippen LogP contribution in [0.3, 0.4) is 0 Å². The lowest BCUT2D eigenvalue weighted by molar-refractivity contribution is 1.16. The van der Waals surface area contributed by atoms with E-state index in [0.29, 0.717) is 5.82 Å². The second-order valence-corrected chi connectivity index (χ2v) is 12.1. The topological polar surface area (TPSA) is 56.5 Å². The Morgan fingerprint density at radius 1 is 0.500 bits per heavy atom. The van der Waals surface area contributed by atoms with Gasteiger partial charge in [-0.05, 0) is 94.7 Å². The summed E-state index contributed by atoms with van der Waals surface area (Å²) in [5.74, 6) is 0.677. The van der Waals surface area contributed by atoms with Crippen LogP contribution >= 0.6 is 11.3 Å². The lowest BCUT2D eigenvalue weighted by Crippen LogP contribution is -1.97. The third-order valence-electron chi connectivity index (χ3n) is 8.54. The Morgan fingerprint density at radius 2 is 1.11 bits per heavy atom. The van der Waals surface area contributed by atoms with Crippen molar-refractivity contribution >= 4 is 43.2 Å². The second-order valence-electron chi connectivity index (χ2n) is 11.2. The smallest absolute Gasteiger partial charge is 0.160 e. The lowest BCUT2D eigenvalue weighted by Gasteiger charge is -2.11. The summed E-state index contributed by atoms with van der Waals surface area (Å²) in [6.45, 7) is 0. The van der Waals surface area contributed by atoms with E-state index in [0.717, 1.165) is 44.9 Å². The summed E-state index contributed by atoms with van der Waals surface area (Å²) in [6, 6.07) is 42.5. The molecule has 4 aromatic carbocycles. The minimum atomic E-state index is 0.677. The number of aromatic nitrogens is 5. The quantitative estimate of drug-likeness (QED) is 0.195. The van der Waals surface area contributed by atoms with Crippen molar-refractivity contribution in [2.24, 2.45) is 0 Å². The third kappa shape index (κ3) is 4.47. The van der Waals surface area contributed by atoms with Crippen LogP contribution in [0, 0.1) is 0 Å². The average molecular weight is 608 g/mol. The Kier molecular flexibility index (Phi) is 6.25. The minimum absolute atomic E-state index is 0.677. The molecule has 0 unspecified atom stereocenters. The number of para-hydroxylation sites is 1. The summed E-state index contributed by atoms with van der Waals surface area (Å²) < 4.78 is 3.68. The molecule has 0 aliphatic heterocycles. The monoisotopic (exact) mass is 607 g/mol. The maximum absolute atomic E-state index is 5.08. The molecule has 0 bridgehead atoms. The fourth-order valence-corrected chi connectivity index (χ4v) is 7.24. The van der Waals surface area contributed by atoms with Crippen LogP contribution in [0.5, 0.6) is 0 Å². The zero-order valence-corrected chi connectivity index (χ0v) is 25.4. The number of hydrogen-bond acceptors (Lipinski definition) is 5. The molecule has 5 nitrogen and oxygen atoms in total. The van der Waals surface area contributed by atoms with Crippen molar-refractivity contribution in [1.82, 2.24) is 24.5 Å². The van der Waals surface area contributed by atoms with Crippen LogP contribution in [0.4, 0.5) is 0 Å². The van der Waals surface area contributed by atoms with Crippen LogP contribution in [-0.2, 0) is 0 Å². The van der Waals surface area contributed by atoms with Gasteiger partial charge in [0.05, 0.1) is 22.4 Å². The first-order valence-electron chi connectivity index (χ1n) is 15.1. The molecule has 0 N–H and O–H groups in total. The molecule has 0 radical (unpaired) electrons. The first kappa shape index (κ1) is 26.4. The molecule has 0 spiro atoms. The fraction of sp³-hybridized carbons (Fsp3) is 0. The van der Waals surface area contributed by atoms with Crippen molar-refractivity contribution in [3.63, 3.8) is 0 Å². The Hall–Kier alpha value is -5.98. The van der Waals surface area contributed by atoms with Gasteiger partial charge in [-0.15, -0.1) is 11.3 Å². The predicted molar refractivity (Wildman–Crippen MR) is 189 cm³/mol. The molecule has 216 valence electrons. The van der Waals surface area contributed by atoms with Crippen LogP contribution in [0.1, 0.15) is 0 Å². The molecule has 0 amide bonds. The van der Waals surface area contributed by atoms with Crippen LogP contribution in [0.15, 0.2) is 151 Å². The number of thiophene rings is 1. The van der Waals surface area contributed by atoms with E-state index in [1.165, 1.54) is 31.9 Å².